The SMILES string of the molecule is Cn1nc(C(C)(C)C)cc1C(C)(F)F.Cn1nc(C(C)(F)F)cc1C(C)(C)C. The average molecular weight is 404 g/mol. The normalized spacial score (nSPS) is 13.4. The summed E-state index contributed by atoms with van der Waals surface area (Å²) in [6.45, 7) is 13.5. The first-order chi connectivity index (χ1) is 12.2. The zero-order chi connectivity index (χ0) is 22.3. The number of nitrogens with zero attached hydrogens (tertiary/aromatic N) is 4. The maximum absolute atomic E-state index is 13.1. The van der Waals surface area contributed by atoms with Crippen molar-refractivity contribution >= 4 is 0 Å². The Bertz CT molecular complexity index is 726. The van der Waals surface area contributed by atoms with Gasteiger partial charge in [0.15, 0.2) is 0 Å². The Balaban J connectivity index is 0.000000280. The largest absolute Gasteiger partial charge is 0.288 e. The number of aromatic nitrogens is 4. The fourth-order valence-electron chi connectivity index (χ4n) is 2.63. The monoisotopic (exact) mass is 404 g/mol. The van der Waals surface area contributed by atoms with Crippen LogP contribution < -0.4 is 0 Å². The van der Waals surface area contributed by atoms with E-state index < -0.39 is 11.8 Å². The van der Waals surface area contributed by atoms with E-state index in [1.807, 2.05) is 41.5 Å². The number of hydrogen-bond acceptors (Lipinski definition) is 2. The van der Waals surface area contributed by atoms with Gasteiger partial charge in [-0.1, -0.05) is 41.5 Å². The van der Waals surface area contributed by atoms with E-state index >= 15 is 0 Å². The van der Waals surface area contributed by atoms with Crippen molar-refractivity contribution in [2.75, 3.05) is 0 Å². The fourth-order valence-corrected chi connectivity index (χ4v) is 2.63. The summed E-state index contributed by atoms with van der Waals surface area (Å²) < 4.78 is 54.8. The van der Waals surface area contributed by atoms with E-state index in [1.165, 1.54) is 21.5 Å². The third-order valence-electron chi connectivity index (χ3n) is 4.20. The molecule has 2 aromatic rings. The fraction of sp³-hybridized carbons (Fsp3) is 0.700. The Morgan fingerprint density at radius 3 is 1.21 bits per heavy atom. The Hall–Kier alpha value is -1.86. The molecule has 0 aromatic carbocycles. The molecule has 2 rings (SSSR count). The third kappa shape index (κ3) is 6.07. The van der Waals surface area contributed by atoms with Crippen LogP contribution in [-0.4, -0.2) is 19.6 Å². The molecule has 160 valence electrons. The van der Waals surface area contributed by atoms with Gasteiger partial charge < -0.3 is 0 Å². The van der Waals surface area contributed by atoms with Gasteiger partial charge in [0.2, 0.25) is 0 Å². The van der Waals surface area contributed by atoms with Gasteiger partial charge >= 0.3 is 0 Å². The third-order valence-corrected chi connectivity index (χ3v) is 4.20. The number of hydrogen-bond donors (Lipinski definition) is 0. The van der Waals surface area contributed by atoms with Gasteiger partial charge in [-0.3, -0.25) is 9.36 Å². The van der Waals surface area contributed by atoms with E-state index in [-0.39, 0.29) is 22.2 Å². The van der Waals surface area contributed by atoms with Crippen LogP contribution in [0, 0.1) is 0 Å². The first-order valence-electron chi connectivity index (χ1n) is 9.10. The molecule has 0 amide bonds. The Morgan fingerprint density at radius 1 is 0.607 bits per heavy atom. The van der Waals surface area contributed by atoms with Crippen molar-refractivity contribution in [1.82, 2.24) is 19.6 Å². The number of halogens is 4. The molecule has 0 N–H and O–H groups in total. The van der Waals surface area contributed by atoms with Crippen molar-refractivity contribution in [3.05, 3.63) is 34.9 Å². The average Bonchev–Trinajstić information content (AvgIpc) is 3.00. The lowest BCUT2D eigenvalue weighted by Gasteiger charge is -2.17. The Morgan fingerprint density at radius 2 is 1.00 bits per heavy atom. The summed E-state index contributed by atoms with van der Waals surface area (Å²) in [7, 11) is 3.23. The first kappa shape index (κ1) is 24.2. The van der Waals surface area contributed by atoms with Gasteiger partial charge in [-0.25, -0.2) is 0 Å². The predicted molar refractivity (Wildman–Crippen MR) is 103 cm³/mol. The molecular weight excluding hydrogens is 372 g/mol. The second-order valence-electron chi connectivity index (χ2n) is 9.35. The van der Waals surface area contributed by atoms with Crippen LogP contribution in [0.3, 0.4) is 0 Å². The summed E-state index contributed by atoms with van der Waals surface area (Å²) >= 11 is 0. The van der Waals surface area contributed by atoms with Crippen molar-refractivity contribution in [1.29, 1.82) is 0 Å². The maximum Gasteiger partial charge on any atom is 0.288 e. The molecule has 0 aliphatic heterocycles. The molecule has 0 saturated heterocycles. The van der Waals surface area contributed by atoms with E-state index in [9.17, 15) is 17.6 Å². The summed E-state index contributed by atoms with van der Waals surface area (Å²) in [6.07, 6.45) is 0. The topological polar surface area (TPSA) is 35.6 Å². The Kier molecular flexibility index (Phi) is 6.49. The van der Waals surface area contributed by atoms with Gasteiger partial charge in [-0.05, 0) is 12.1 Å². The zero-order valence-corrected chi connectivity index (χ0v) is 18.5. The molecule has 0 radical (unpaired) electrons. The summed E-state index contributed by atoms with van der Waals surface area (Å²) in [5.41, 5.74) is 0.949. The van der Waals surface area contributed by atoms with Crippen molar-refractivity contribution in [2.45, 2.75) is 78.1 Å². The molecule has 28 heavy (non-hydrogen) atoms. The van der Waals surface area contributed by atoms with E-state index in [2.05, 4.69) is 10.2 Å². The van der Waals surface area contributed by atoms with Crippen LogP contribution in [0.2, 0.25) is 0 Å². The van der Waals surface area contributed by atoms with Crippen LogP contribution in [0.4, 0.5) is 17.6 Å². The molecule has 2 heterocycles. The van der Waals surface area contributed by atoms with Crippen LogP contribution in [0.5, 0.6) is 0 Å². The molecule has 2 aromatic heterocycles. The van der Waals surface area contributed by atoms with Gasteiger partial charge in [-0.2, -0.15) is 27.8 Å². The Labute approximate surface area is 164 Å². The molecule has 0 spiro atoms. The number of aryl methyl sites for hydroxylation is 2. The standard InChI is InChI=1S/2C10H16F2N2/c1-9(2,3)8-6-7(10(4,11)12)13-14(8)5;1-9(2,3)7-6-8(10(4,11)12)14(5)13-7/h2*6H,1-5H3. The lowest BCUT2D eigenvalue weighted by molar-refractivity contribution is 0.00870. The molecule has 0 saturated carbocycles. The summed E-state index contributed by atoms with van der Waals surface area (Å²) in [4.78, 5) is 0. The van der Waals surface area contributed by atoms with Crippen LogP contribution in [-0.2, 0) is 36.8 Å². The van der Waals surface area contributed by atoms with Crippen molar-refractivity contribution < 1.29 is 17.6 Å². The maximum atomic E-state index is 13.1. The van der Waals surface area contributed by atoms with Crippen molar-refractivity contribution in [2.24, 2.45) is 14.1 Å². The molecular formula is C20H32F4N4. The van der Waals surface area contributed by atoms with Crippen molar-refractivity contribution in [3.8, 4) is 0 Å². The highest BCUT2D eigenvalue weighted by Crippen LogP contribution is 2.31. The summed E-state index contributed by atoms with van der Waals surface area (Å²) in [6, 6.07) is 2.94. The first-order valence-corrected chi connectivity index (χ1v) is 9.10. The van der Waals surface area contributed by atoms with E-state index in [0.717, 1.165) is 19.5 Å². The van der Waals surface area contributed by atoms with Gasteiger partial charge in [0.25, 0.3) is 11.8 Å². The number of rotatable bonds is 2. The van der Waals surface area contributed by atoms with Crippen LogP contribution in [0.15, 0.2) is 12.1 Å². The molecule has 4 nitrogen and oxygen atoms in total. The van der Waals surface area contributed by atoms with E-state index in [4.69, 9.17) is 0 Å². The summed E-state index contributed by atoms with van der Waals surface area (Å²) in [5.74, 6) is -5.69. The zero-order valence-electron chi connectivity index (χ0n) is 18.5. The lowest BCUT2D eigenvalue weighted by atomic mass is 9.92. The smallest absolute Gasteiger partial charge is 0.272 e. The highest BCUT2D eigenvalue weighted by atomic mass is 19.3. The van der Waals surface area contributed by atoms with E-state index in [0.29, 0.717) is 5.69 Å². The van der Waals surface area contributed by atoms with Gasteiger partial charge in [0, 0.05) is 44.5 Å². The second-order valence-corrected chi connectivity index (χ2v) is 9.35. The van der Waals surface area contributed by atoms with E-state index in [1.54, 1.807) is 14.1 Å². The van der Waals surface area contributed by atoms with Gasteiger partial charge in [0.05, 0.1) is 5.69 Å². The molecule has 8 heteroatoms. The lowest BCUT2D eigenvalue weighted by Crippen LogP contribution is -2.16. The molecule has 0 fully saturated rings. The van der Waals surface area contributed by atoms with Crippen LogP contribution in [0.25, 0.3) is 0 Å². The molecule has 0 aliphatic carbocycles. The minimum absolute atomic E-state index is 0.0394. The minimum atomic E-state index is -2.86. The second kappa shape index (κ2) is 7.52. The molecule has 0 aliphatic rings. The minimum Gasteiger partial charge on any atom is -0.272 e. The highest BCUT2D eigenvalue weighted by Gasteiger charge is 2.32. The van der Waals surface area contributed by atoms with Crippen LogP contribution in [0.1, 0.15) is 78.2 Å². The predicted octanol–water partition coefficient (Wildman–Crippen LogP) is 5.66. The van der Waals surface area contributed by atoms with Gasteiger partial charge in [-0.15, -0.1) is 0 Å². The highest BCUT2D eigenvalue weighted by molar-refractivity contribution is 5.21. The van der Waals surface area contributed by atoms with Crippen molar-refractivity contribution in [3.63, 3.8) is 0 Å². The number of alkyl halides is 4. The molecule has 0 unspecified atom stereocenters. The van der Waals surface area contributed by atoms with Gasteiger partial charge in [0.1, 0.15) is 11.4 Å². The summed E-state index contributed by atoms with van der Waals surface area (Å²) in [5, 5.41) is 7.90. The molecule has 0 atom stereocenters. The molecule has 0 bridgehead atoms. The quantitative estimate of drug-likeness (QED) is 0.606. The van der Waals surface area contributed by atoms with Crippen LogP contribution >= 0.6 is 0 Å².